The summed E-state index contributed by atoms with van der Waals surface area (Å²) < 4.78 is 45.6. The summed E-state index contributed by atoms with van der Waals surface area (Å²) in [7, 11) is 0. The van der Waals surface area contributed by atoms with Crippen LogP contribution in [-0.2, 0) is 30.6 Å². The summed E-state index contributed by atoms with van der Waals surface area (Å²) in [5.41, 5.74) is -1.35. The van der Waals surface area contributed by atoms with Gasteiger partial charge in [-0.3, -0.25) is 4.90 Å². The Morgan fingerprint density at radius 3 is 2.56 bits per heavy atom. The lowest BCUT2D eigenvalue weighted by Gasteiger charge is -2.37. The number of anilines is 1. The number of ether oxygens (including phenoxy) is 1. The molecule has 0 aromatic carbocycles. The van der Waals surface area contributed by atoms with Crippen molar-refractivity contribution in [3.05, 3.63) is 35.5 Å². The summed E-state index contributed by atoms with van der Waals surface area (Å²) in [6.45, 7) is 8.96. The Morgan fingerprint density at radius 2 is 2.00 bits per heavy atom. The molecule has 32 heavy (non-hydrogen) atoms. The first kappa shape index (κ1) is 23.8. The zero-order chi connectivity index (χ0) is 23.7. The number of hydrogen-bond acceptors (Lipinski definition) is 6. The van der Waals surface area contributed by atoms with Gasteiger partial charge in [0.05, 0.1) is 31.3 Å². The summed E-state index contributed by atoms with van der Waals surface area (Å²) in [6, 6.07) is 2.01. The third-order valence-electron chi connectivity index (χ3n) is 5.07. The van der Waals surface area contributed by atoms with Crippen molar-refractivity contribution < 1.29 is 27.8 Å². The smallest absolute Gasteiger partial charge is 0.417 e. The molecule has 3 rings (SSSR count). The van der Waals surface area contributed by atoms with Crippen molar-refractivity contribution in [2.75, 3.05) is 18.1 Å². The highest BCUT2D eigenvalue weighted by Crippen LogP contribution is 2.30. The van der Waals surface area contributed by atoms with Crippen molar-refractivity contribution >= 4 is 11.9 Å². The van der Waals surface area contributed by atoms with Gasteiger partial charge in [-0.25, -0.2) is 19.4 Å². The zero-order valence-corrected chi connectivity index (χ0v) is 18.4. The number of carboxylic acid groups (broad SMARTS) is 1. The Kier molecular flexibility index (Phi) is 6.63. The Morgan fingerprint density at radius 1 is 1.28 bits per heavy atom. The summed E-state index contributed by atoms with van der Waals surface area (Å²) in [5.74, 6) is 1.56. The Balaban J connectivity index is 1.58. The Hall–Kier alpha value is -2.89. The highest BCUT2D eigenvalue weighted by Gasteiger charge is 2.32. The van der Waals surface area contributed by atoms with E-state index in [1.54, 1.807) is 11.6 Å². The second-order valence-electron chi connectivity index (χ2n) is 8.68. The van der Waals surface area contributed by atoms with Crippen molar-refractivity contribution in [3.8, 4) is 0 Å². The molecular formula is C20H27F3N6O3. The second-order valence-corrected chi connectivity index (χ2v) is 8.68. The molecule has 3 heterocycles. The molecule has 2 aromatic rings. The van der Waals surface area contributed by atoms with Crippen LogP contribution < -0.4 is 4.90 Å². The van der Waals surface area contributed by atoms with Gasteiger partial charge in [-0.2, -0.15) is 18.3 Å². The van der Waals surface area contributed by atoms with E-state index in [1.165, 1.54) is 11.0 Å². The number of amides is 1. The van der Waals surface area contributed by atoms with Crippen LogP contribution >= 0.6 is 0 Å². The SMILES string of the molecule is CC(COCc1nc2n(n1)CCN(c1ccc(C(F)(F)F)cn1)C2)N(C(=O)O)C(C)(C)C. The first-order valence-corrected chi connectivity index (χ1v) is 10.2. The minimum Gasteiger partial charge on any atom is -0.465 e. The molecule has 1 amide bonds. The molecule has 12 heteroatoms. The minimum absolute atomic E-state index is 0.125. The average Bonchev–Trinajstić information content (AvgIpc) is 3.07. The Labute approximate surface area is 183 Å². The lowest BCUT2D eigenvalue weighted by atomic mass is 10.0. The van der Waals surface area contributed by atoms with Crippen LogP contribution in [0.5, 0.6) is 0 Å². The topological polar surface area (TPSA) is 96.6 Å². The molecule has 0 saturated carbocycles. The van der Waals surface area contributed by atoms with Gasteiger partial charge in [0.15, 0.2) is 5.82 Å². The van der Waals surface area contributed by atoms with Crippen molar-refractivity contribution in [2.45, 2.75) is 65.1 Å². The fourth-order valence-corrected chi connectivity index (χ4v) is 3.72. The second kappa shape index (κ2) is 8.93. The number of nitrogens with zero attached hydrogens (tertiary/aromatic N) is 6. The fourth-order valence-electron chi connectivity index (χ4n) is 3.72. The highest BCUT2D eigenvalue weighted by atomic mass is 19.4. The van der Waals surface area contributed by atoms with Crippen LogP contribution in [0.25, 0.3) is 0 Å². The molecule has 9 nitrogen and oxygen atoms in total. The molecule has 176 valence electrons. The van der Waals surface area contributed by atoms with Gasteiger partial charge in [-0.15, -0.1) is 0 Å². The van der Waals surface area contributed by atoms with E-state index in [2.05, 4.69) is 15.1 Å². The summed E-state index contributed by atoms with van der Waals surface area (Å²) in [6.07, 6.45) is -4.61. The van der Waals surface area contributed by atoms with Gasteiger partial charge < -0.3 is 14.7 Å². The van der Waals surface area contributed by atoms with E-state index in [1.807, 2.05) is 25.7 Å². The van der Waals surface area contributed by atoms with Gasteiger partial charge in [-0.05, 0) is 39.8 Å². The van der Waals surface area contributed by atoms with Crippen LogP contribution in [-0.4, -0.2) is 60.6 Å². The zero-order valence-electron chi connectivity index (χ0n) is 18.4. The number of rotatable bonds is 6. The quantitative estimate of drug-likeness (QED) is 0.712. The molecule has 1 unspecified atom stereocenters. The van der Waals surface area contributed by atoms with Crippen LogP contribution in [0.3, 0.4) is 0 Å². The molecule has 0 spiro atoms. The lowest BCUT2D eigenvalue weighted by molar-refractivity contribution is -0.137. The molecular weight excluding hydrogens is 429 g/mol. The largest absolute Gasteiger partial charge is 0.465 e. The number of pyridine rings is 1. The molecule has 1 N–H and O–H groups in total. The summed E-state index contributed by atoms with van der Waals surface area (Å²) >= 11 is 0. The first-order chi connectivity index (χ1) is 14.9. The monoisotopic (exact) mass is 456 g/mol. The first-order valence-electron chi connectivity index (χ1n) is 10.2. The van der Waals surface area contributed by atoms with E-state index >= 15 is 0 Å². The third-order valence-corrected chi connectivity index (χ3v) is 5.07. The van der Waals surface area contributed by atoms with E-state index < -0.39 is 23.4 Å². The maximum Gasteiger partial charge on any atom is 0.417 e. The summed E-state index contributed by atoms with van der Waals surface area (Å²) in [5, 5.41) is 13.9. The summed E-state index contributed by atoms with van der Waals surface area (Å²) in [4.78, 5) is 23.1. The fraction of sp³-hybridized carbons (Fsp3) is 0.600. The molecule has 0 aliphatic carbocycles. The van der Waals surface area contributed by atoms with Gasteiger partial charge in [0.1, 0.15) is 18.2 Å². The number of fused-ring (bicyclic) bond motifs is 1. The molecule has 1 aliphatic heterocycles. The molecule has 0 radical (unpaired) electrons. The molecule has 0 saturated heterocycles. The van der Waals surface area contributed by atoms with Gasteiger partial charge in [0, 0.05) is 18.3 Å². The van der Waals surface area contributed by atoms with Crippen molar-refractivity contribution in [1.82, 2.24) is 24.6 Å². The van der Waals surface area contributed by atoms with Gasteiger partial charge in [0.25, 0.3) is 0 Å². The predicted molar refractivity (Wildman–Crippen MR) is 109 cm³/mol. The van der Waals surface area contributed by atoms with Crippen LogP contribution in [0.1, 0.15) is 44.9 Å². The van der Waals surface area contributed by atoms with Gasteiger partial charge in [-0.1, -0.05) is 0 Å². The average molecular weight is 456 g/mol. The van der Waals surface area contributed by atoms with E-state index in [4.69, 9.17) is 4.74 Å². The number of aromatic nitrogens is 4. The molecule has 0 bridgehead atoms. The van der Waals surface area contributed by atoms with Crippen molar-refractivity contribution in [2.24, 2.45) is 0 Å². The Bertz CT molecular complexity index is 940. The van der Waals surface area contributed by atoms with E-state index in [0.29, 0.717) is 37.1 Å². The molecule has 0 fully saturated rings. The van der Waals surface area contributed by atoms with Crippen LogP contribution in [0.15, 0.2) is 18.3 Å². The van der Waals surface area contributed by atoms with Crippen molar-refractivity contribution in [3.63, 3.8) is 0 Å². The van der Waals surface area contributed by atoms with Crippen LogP contribution in [0, 0.1) is 0 Å². The normalized spacial score (nSPS) is 15.4. The van der Waals surface area contributed by atoms with Crippen LogP contribution in [0.2, 0.25) is 0 Å². The minimum atomic E-state index is -4.42. The number of carbonyl (C=O) groups is 1. The predicted octanol–water partition coefficient (Wildman–Crippen LogP) is 3.40. The third kappa shape index (κ3) is 5.47. The lowest BCUT2D eigenvalue weighted by Crippen LogP contribution is -2.51. The van der Waals surface area contributed by atoms with E-state index in [9.17, 15) is 23.1 Å². The van der Waals surface area contributed by atoms with Crippen molar-refractivity contribution in [1.29, 1.82) is 0 Å². The van der Waals surface area contributed by atoms with E-state index in [0.717, 1.165) is 12.3 Å². The molecule has 1 aliphatic rings. The van der Waals surface area contributed by atoms with E-state index in [-0.39, 0.29) is 19.3 Å². The number of halogens is 3. The molecule has 1 atom stereocenters. The maximum atomic E-state index is 12.7. The standard InChI is InChI=1S/C20H27F3N6O3/c1-13(29(18(30)31)19(2,3)4)11-32-12-15-25-17-10-27(7-8-28(17)26-15)16-6-5-14(9-24-16)20(21,22)23/h5-6,9,13H,7-8,10-12H2,1-4H3,(H,30,31). The number of hydrogen-bond donors (Lipinski definition) is 1. The van der Waals surface area contributed by atoms with Gasteiger partial charge >= 0.3 is 12.3 Å². The maximum absolute atomic E-state index is 12.7. The van der Waals surface area contributed by atoms with Crippen LogP contribution in [0.4, 0.5) is 23.8 Å². The molecule has 2 aromatic heterocycles. The number of alkyl halides is 3. The highest BCUT2D eigenvalue weighted by molar-refractivity contribution is 5.66. The van der Waals surface area contributed by atoms with Gasteiger partial charge in [0.2, 0.25) is 0 Å².